The summed E-state index contributed by atoms with van der Waals surface area (Å²) in [5, 5.41) is 10.4. The molecule has 0 atom stereocenters. The number of hydrogen-bond acceptors (Lipinski definition) is 3. The van der Waals surface area contributed by atoms with Crippen molar-refractivity contribution in [2.24, 2.45) is 7.05 Å². The molecule has 0 saturated carbocycles. The lowest BCUT2D eigenvalue weighted by Gasteiger charge is -2.05. The maximum absolute atomic E-state index is 9.94. The Labute approximate surface area is 108 Å². The summed E-state index contributed by atoms with van der Waals surface area (Å²) >= 11 is 5.83. The molecule has 3 rings (SSSR count). The van der Waals surface area contributed by atoms with E-state index in [0.29, 0.717) is 16.4 Å². The van der Waals surface area contributed by atoms with Gasteiger partial charge in [0.05, 0.1) is 22.8 Å². The maximum Gasteiger partial charge on any atom is 0.144 e. The minimum Gasteiger partial charge on any atom is -0.507 e. The number of aromatic hydroxyl groups is 1. The minimum absolute atomic E-state index is 0.119. The highest BCUT2D eigenvalue weighted by atomic mass is 35.5. The van der Waals surface area contributed by atoms with Gasteiger partial charge in [-0.3, -0.25) is 4.98 Å². The number of phenolic OH excluding ortho intramolecular Hbond substituents is 1. The van der Waals surface area contributed by atoms with Crippen LogP contribution in [0.4, 0.5) is 0 Å². The smallest absolute Gasteiger partial charge is 0.144 e. The van der Waals surface area contributed by atoms with Crippen molar-refractivity contribution in [1.82, 2.24) is 14.5 Å². The summed E-state index contributed by atoms with van der Waals surface area (Å²) in [6, 6.07) is 6.83. The van der Waals surface area contributed by atoms with Crippen LogP contribution in [0.15, 0.2) is 36.7 Å². The van der Waals surface area contributed by atoms with Gasteiger partial charge in [-0.05, 0) is 24.3 Å². The number of aromatic nitrogens is 3. The standard InChI is InChI=1S/C13H10ClN3O/c1-17-11-7-15-5-4-10(11)16-13(17)9-3-2-8(14)6-12(9)18/h2-7,18H,1H3. The van der Waals surface area contributed by atoms with E-state index in [0.717, 1.165) is 11.0 Å². The fraction of sp³-hybridized carbons (Fsp3) is 0.0769. The van der Waals surface area contributed by atoms with Gasteiger partial charge in [0.15, 0.2) is 0 Å². The molecule has 0 aliphatic rings. The number of pyridine rings is 1. The molecule has 5 heteroatoms. The van der Waals surface area contributed by atoms with Crippen molar-refractivity contribution in [2.75, 3.05) is 0 Å². The van der Waals surface area contributed by atoms with E-state index in [2.05, 4.69) is 9.97 Å². The Balaban J connectivity index is 2.28. The second-order valence-electron chi connectivity index (χ2n) is 4.02. The van der Waals surface area contributed by atoms with E-state index in [-0.39, 0.29) is 5.75 Å². The first-order chi connectivity index (χ1) is 8.66. The average Bonchev–Trinajstić information content (AvgIpc) is 2.68. The van der Waals surface area contributed by atoms with Gasteiger partial charge in [-0.15, -0.1) is 0 Å². The topological polar surface area (TPSA) is 50.9 Å². The molecule has 0 saturated heterocycles. The van der Waals surface area contributed by atoms with Crippen LogP contribution in [-0.2, 0) is 7.05 Å². The highest BCUT2D eigenvalue weighted by Gasteiger charge is 2.13. The molecule has 0 spiro atoms. The van der Waals surface area contributed by atoms with Gasteiger partial charge in [-0.1, -0.05) is 11.6 Å². The van der Waals surface area contributed by atoms with Gasteiger partial charge < -0.3 is 9.67 Å². The highest BCUT2D eigenvalue weighted by Crippen LogP contribution is 2.32. The van der Waals surface area contributed by atoms with Crippen molar-refractivity contribution in [3.8, 4) is 17.1 Å². The quantitative estimate of drug-likeness (QED) is 0.731. The summed E-state index contributed by atoms with van der Waals surface area (Å²) in [5.41, 5.74) is 2.41. The Morgan fingerprint density at radius 3 is 2.83 bits per heavy atom. The summed E-state index contributed by atoms with van der Waals surface area (Å²) < 4.78 is 1.89. The van der Waals surface area contributed by atoms with Crippen molar-refractivity contribution >= 4 is 22.6 Å². The van der Waals surface area contributed by atoms with Crippen molar-refractivity contribution in [3.05, 3.63) is 41.7 Å². The summed E-state index contributed by atoms with van der Waals surface area (Å²) in [4.78, 5) is 8.57. The predicted octanol–water partition coefficient (Wildman–Crippen LogP) is 2.99. The van der Waals surface area contributed by atoms with Crippen LogP contribution < -0.4 is 0 Å². The van der Waals surface area contributed by atoms with Gasteiger partial charge in [-0.25, -0.2) is 4.98 Å². The van der Waals surface area contributed by atoms with Gasteiger partial charge in [-0.2, -0.15) is 0 Å². The zero-order valence-electron chi connectivity index (χ0n) is 9.63. The van der Waals surface area contributed by atoms with Crippen molar-refractivity contribution in [2.45, 2.75) is 0 Å². The Morgan fingerprint density at radius 2 is 2.11 bits per heavy atom. The van der Waals surface area contributed by atoms with Crippen LogP contribution in [0.25, 0.3) is 22.4 Å². The Hall–Kier alpha value is -2.07. The molecule has 0 aliphatic heterocycles. The molecule has 0 aliphatic carbocycles. The SMILES string of the molecule is Cn1c(-c2ccc(Cl)cc2O)nc2ccncc21. The fourth-order valence-corrected chi connectivity index (χ4v) is 2.14. The Morgan fingerprint density at radius 1 is 1.28 bits per heavy atom. The van der Waals surface area contributed by atoms with Crippen LogP contribution in [0.3, 0.4) is 0 Å². The summed E-state index contributed by atoms with van der Waals surface area (Å²) in [7, 11) is 1.89. The maximum atomic E-state index is 9.94. The number of nitrogens with zero attached hydrogens (tertiary/aromatic N) is 3. The normalized spacial score (nSPS) is 11.0. The third kappa shape index (κ3) is 1.62. The first-order valence-electron chi connectivity index (χ1n) is 5.42. The number of hydrogen-bond donors (Lipinski definition) is 1. The Bertz CT molecular complexity index is 736. The van der Waals surface area contributed by atoms with Gasteiger partial charge in [0.1, 0.15) is 11.6 Å². The molecule has 0 unspecified atom stereocenters. The largest absolute Gasteiger partial charge is 0.507 e. The number of imidazole rings is 1. The van der Waals surface area contributed by atoms with E-state index in [4.69, 9.17) is 11.6 Å². The molecule has 0 bridgehead atoms. The monoisotopic (exact) mass is 259 g/mol. The average molecular weight is 260 g/mol. The van der Waals surface area contributed by atoms with Crippen LogP contribution in [0.5, 0.6) is 5.75 Å². The van der Waals surface area contributed by atoms with Gasteiger partial charge in [0.25, 0.3) is 0 Å². The lowest BCUT2D eigenvalue weighted by Crippen LogP contribution is -1.92. The van der Waals surface area contributed by atoms with Crippen LogP contribution in [0.1, 0.15) is 0 Å². The molecule has 0 fully saturated rings. The first kappa shape index (κ1) is 11.0. The van der Waals surface area contributed by atoms with Gasteiger partial charge in [0, 0.05) is 18.3 Å². The third-order valence-corrected chi connectivity index (χ3v) is 3.12. The number of fused-ring (bicyclic) bond motifs is 1. The van der Waals surface area contributed by atoms with Gasteiger partial charge >= 0.3 is 0 Å². The van der Waals surface area contributed by atoms with Crippen molar-refractivity contribution in [3.63, 3.8) is 0 Å². The van der Waals surface area contributed by atoms with E-state index in [9.17, 15) is 5.11 Å². The van der Waals surface area contributed by atoms with E-state index >= 15 is 0 Å². The number of rotatable bonds is 1. The second-order valence-corrected chi connectivity index (χ2v) is 4.46. The molecule has 0 radical (unpaired) electrons. The predicted molar refractivity (Wildman–Crippen MR) is 70.6 cm³/mol. The summed E-state index contributed by atoms with van der Waals surface area (Å²) in [5.74, 6) is 0.807. The van der Waals surface area contributed by atoms with Crippen LogP contribution >= 0.6 is 11.6 Å². The van der Waals surface area contributed by atoms with Crippen LogP contribution in [0, 0.1) is 0 Å². The van der Waals surface area contributed by atoms with Crippen LogP contribution in [0.2, 0.25) is 5.02 Å². The lowest BCUT2D eigenvalue weighted by molar-refractivity contribution is 0.476. The van der Waals surface area contributed by atoms with Crippen molar-refractivity contribution in [1.29, 1.82) is 0 Å². The Kier molecular flexibility index (Phi) is 2.45. The van der Waals surface area contributed by atoms with Gasteiger partial charge in [0.2, 0.25) is 0 Å². The summed E-state index contributed by atoms with van der Waals surface area (Å²) in [6.45, 7) is 0. The molecule has 1 N–H and O–H groups in total. The number of phenols is 1. The molecular formula is C13H10ClN3O. The molecule has 18 heavy (non-hydrogen) atoms. The molecular weight excluding hydrogens is 250 g/mol. The highest BCUT2D eigenvalue weighted by molar-refractivity contribution is 6.30. The lowest BCUT2D eigenvalue weighted by atomic mass is 10.2. The zero-order valence-corrected chi connectivity index (χ0v) is 10.4. The number of benzene rings is 1. The van der Waals surface area contributed by atoms with E-state index < -0.39 is 0 Å². The second kappa shape index (κ2) is 3.99. The van der Waals surface area contributed by atoms with E-state index in [1.165, 1.54) is 6.07 Å². The zero-order chi connectivity index (χ0) is 12.7. The number of aryl methyl sites for hydroxylation is 1. The van der Waals surface area contributed by atoms with E-state index in [1.54, 1.807) is 24.5 Å². The molecule has 4 nitrogen and oxygen atoms in total. The summed E-state index contributed by atoms with van der Waals surface area (Å²) in [6.07, 6.45) is 3.44. The minimum atomic E-state index is 0.119. The molecule has 2 heterocycles. The molecule has 90 valence electrons. The molecule has 2 aromatic heterocycles. The molecule has 0 amide bonds. The number of halogens is 1. The third-order valence-electron chi connectivity index (χ3n) is 2.88. The van der Waals surface area contributed by atoms with Crippen LogP contribution in [-0.4, -0.2) is 19.6 Å². The first-order valence-corrected chi connectivity index (χ1v) is 5.80. The van der Waals surface area contributed by atoms with E-state index in [1.807, 2.05) is 17.7 Å². The molecule has 1 aromatic carbocycles. The van der Waals surface area contributed by atoms with Crippen molar-refractivity contribution < 1.29 is 5.11 Å². The fourth-order valence-electron chi connectivity index (χ4n) is 1.97. The molecule has 3 aromatic rings.